The second-order valence-corrected chi connectivity index (χ2v) is 6.58. The number of sulfonamides is 1. The third-order valence-electron chi connectivity index (χ3n) is 3.44. The molecule has 1 saturated heterocycles. The Hall–Kier alpha value is -1.44. The molecule has 0 saturated carbocycles. The highest BCUT2D eigenvalue weighted by molar-refractivity contribution is 7.89. The van der Waals surface area contributed by atoms with E-state index in [9.17, 15) is 13.2 Å². The highest BCUT2D eigenvalue weighted by Crippen LogP contribution is 2.19. The highest BCUT2D eigenvalue weighted by atomic mass is 32.2. The van der Waals surface area contributed by atoms with E-state index in [1.807, 2.05) is 4.90 Å². The minimum atomic E-state index is -3.43. The summed E-state index contributed by atoms with van der Waals surface area (Å²) < 4.78 is 26.4. The Bertz CT molecular complexity index is 549. The van der Waals surface area contributed by atoms with Crippen molar-refractivity contribution in [3.8, 4) is 0 Å². The number of hydrogen-bond donors (Lipinski definition) is 1. The number of piperazine rings is 1. The van der Waals surface area contributed by atoms with Gasteiger partial charge in [-0.25, -0.2) is 8.42 Å². The van der Waals surface area contributed by atoms with Gasteiger partial charge in [0.15, 0.2) is 0 Å². The van der Waals surface area contributed by atoms with Gasteiger partial charge in [0.25, 0.3) is 0 Å². The molecule has 1 heterocycles. The van der Waals surface area contributed by atoms with Crippen molar-refractivity contribution < 1.29 is 13.2 Å². The molecule has 1 N–H and O–H groups in total. The van der Waals surface area contributed by atoms with Gasteiger partial charge in [0.1, 0.15) is 6.29 Å². The predicted octanol–water partition coefficient (Wildman–Crippen LogP) is 0.234. The van der Waals surface area contributed by atoms with Crippen molar-refractivity contribution in [2.75, 3.05) is 45.1 Å². The maximum absolute atomic E-state index is 12.5. The summed E-state index contributed by atoms with van der Waals surface area (Å²) in [6.07, 6.45) is 0.848. The number of nitrogens with zero attached hydrogens (tertiary/aromatic N) is 2. The van der Waals surface area contributed by atoms with Gasteiger partial charge in [0.05, 0.1) is 11.4 Å². The van der Waals surface area contributed by atoms with Gasteiger partial charge in [-0.2, -0.15) is 4.31 Å². The number of hydrogen-bond acceptors (Lipinski definition) is 5. The summed E-state index contributed by atoms with van der Waals surface area (Å²) in [6, 6.07) is 6.71. The molecule has 0 aliphatic carbocycles. The fourth-order valence-electron chi connectivity index (χ4n) is 2.20. The van der Waals surface area contributed by atoms with Crippen molar-refractivity contribution in [3.05, 3.63) is 24.3 Å². The summed E-state index contributed by atoms with van der Waals surface area (Å²) in [5.41, 5.74) is 0.875. The molecule has 2 rings (SSSR count). The van der Waals surface area contributed by atoms with E-state index in [0.29, 0.717) is 37.6 Å². The van der Waals surface area contributed by atoms with Gasteiger partial charge in [-0.1, -0.05) is 0 Å². The van der Waals surface area contributed by atoms with E-state index in [2.05, 4.69) is 5.32 Å². The smallest absolute Gasteiger partial charge is 0.243 e. The standard InChI is InChI=1S/C13H19N3O3S/c1-14-12-2-4-13(5-3-12)20(18,19)16-8-6-15(7-9-16)10-11-17/h2-5,11,14H,6-10H2,1H3. The maximum atomic E-state index is 12.5. The molecule has 7 heteroatoms. The Balaban J connectivity index is 2.08. The Labute approximate surface area is 119 Å². The SMILES string of the molecule is CNc1ccc(S(=O)(=O)N2CCN(CC=O)CC2)cc1. The lowest BCUT2D eigenvalue weighted by Crippen LogP contribution is -2.48. The third kappa shape index (κ3) is 3.17. The van der Waals surface area contributed by atoms with Crippen molar-refractivity contribution in [1.29, 1.82) is 0 Å². The van der Waals surface area contributed by atoms with Crippen LogP contribution in [0.4, 0.5) is 5.69 Å². The molecule has 0 atom stereocenters. The Morgan fingerprint density at radius 1 is 1.15 bits per heavy atom. The molecule has 1 aromatic carbocycles. The van der Waals surface area contributed by atoms with Crippen LogP contribution in [0.5, 0.6) is 0 Å². The summed E-state index contributed by atoms with van der Waals surface area (Å²) >= 11 is 0. The van der Waals surface area contributed by atoms with Crippen LogP contribution in [0.3, 0.4) is 0 Å². The summed E-state index contributed by atoms with van der Waals surface area (Å²) in [4.78, 5) is 12.7. The second kappa shape index (κ2) is 6.34. The van der Waals surface area contributed by atoms with Crippen molar-refractivity contribution in [1.82, 2.24) is 9.21 Å². The molecule has 6 nitrogen and oxygen atoms in total. The molecule has 0 unspecified atom stereocenters. The fourth-order valence-corrected chi connectivity index (χ4v) is 3.62. The van der Waals surface area contributed by atoms with E-state index in [0.717, 1.165) is 12.0 Å². The molecule has 1 aromatic rings. The lowest BCUT2D eigenvalue weighted by Gasteiger charge is -2.32. The van der Waals surface area contributed by atoms with Crippen LogP contribution in [0, 0.1) is 0 Å². The summed E-state index contributed by atoms with van der Waals surface area (Å²) in [6.45, 7) is 2.39. The van der Waals surface area contributed by atoms with Gasteiger partial charge >= 0.3 is 0 Å². The zero-order chi connectivity index (χ0) is 14.6. The summed E-state index contributed by atoms with van der Waals surface area (Å²) in [7, 11) is -1.65. The van der Waals surface area contributed by atoms with Crippen LogP contribution in [0.25, 0.3) is 0 Å². The molecule has 1 fully saturated rings. The predicted molar refractivity (Wildman–Crippen MR) is 77.3 cm³/mol. The van der Waals surface area contributed by atoms with Gasteiger partial charge in [0.2, 0.25) is 10.0 Å². The second-order valence-electron chi connectivity index (χ2n) is 4.65. The first-order valence-electron chi connectivity index (χ1n) is 6.52. The minimum Gasteiger partial charge on any atom is -0.388 e. The van der Waals surface area contributed by atoms with Crippen LogP contribution in [-0.2, 0) is 14.8 Å². The van der Waals surface area contributed by atoms with E-state index >= 15 is 0 Å². The van der Waals surface area contributed by atoms with Gasteiger partial charge in [-0.05, 0) is 24.3 Å². The van der Waals surface area contributed by atoms with Gasteiger partial charge in [-0.3, -0.25) is 4.90 Å². The molecule has 0 amide bonds. The monoisotopic (exact) mass is 297 g/mol. The summed E-state index contributed by atoms with van der Waals surface area (Å²) in [5, 5.41) is 2.96. The van der Waals surface area contributed by atoms with E-state index in [-0.39, 0.29) is 0 Å². The Morgan fingerprint density at radius 2 is 1.75 bits per heavy atom. The highest BCUT2D eigenvalue weighted by Gasteiger charge is 2.28. The third-order valence-corrected chi connectivity index (χ3v) is 5.36. The minimum absolute atomic E-state index is 0.306. The largest absolute Gasteiger partial charge is 0.388 e. The average Bonchev–Trinajstić information content (AvgIpc) is 2.48. The number of benzene rings is 1. The first kappa shape index (κ1) is 15.0. The first-order valence-corrected chi connectivity index (χ1v) is 7.96. The quantitative estimate of drug-likeness (QED) is 0.788. The van der Waals surface area contributed by atoms with E-state index in [1.54, 1.807) is 31.3 Å². The first-order chi connectivity index (χ1) is 9.57. The molecule has 110 valence electrons. The fraction of sp³-hybridized carbons (Fsp3) is 0.462. The molecule has 20 heavy (non-hydrogen) atoms. The zero-order valence-corrected chi connectivity index (χ0v) is 12.3. The molecular weight excluding hydrogens is 278 g/mol. The van der Waals surface area contributed by atoms with Crippen LogP contribution in [-0.4, -0.2) is 63.7 Å². The van der Waals surface area contributed by atoms with Crippen molar-refractivity contribution in [2.45, 2.75) is 4.90 Å². The molecule has 0 radical (unpaired) electrons. The zero-order valence-electron chi connectivity index (χ0n) is 11.4. The molecular formula is C13H19N3O3S. The van der Waals surface area contributed by atoms with Gasteiger partial charge < -0.3 is 10.1 Å². The molecule has 0 bridgehead atoms. The van der Waals surface area contributed by atoms with Crippen LogP contribution in [0.2, 0.25) is 0 Å². The topological polar surface area (TPSA) is 69.7 Å². The lowest BCUT2D eigenvalue weighted by atomic mass is 10.3. The summed E-state index contributed by atoms with van der Waals surface area (Å²) in [5.74, 6) is 0. The number of anilines is 1. The van der Waals surface area contributed by atoms with Crippen LogP contribution in [0.15, 0.2) is 29.2 Å². The van der Waals surface area contributed by atoms with Crippen LogP contribution < -0.4 is 5.32 Å². The normalized spacial score (nSPS) is 17.9. The van der Waals surface area contributed by atoms with E-state index in [1.165, 1.54) is 4.31 Å². The van der Waals surface area contributed by atoms with Gasteiger partial charge in [0, 0.05) is 38.9 Å². The van der Waals surface area contributed by atoms with Gasteiger partial charge in [-0.15, -0.1) is 0 Å². The molecule has 1 aliphatic heterocycles. The average molecular weight is 297 g/mol. The number of aldehydes is 1. The number of rotatable bonds is 5. The van der Waals surface area contributed by atoms with Crippen LogP contribution >= 0.6 is 0 Å². The maximum Gasteiger partial charge on any atom is 0.243 e. The number of carbonyl (C=O) groups is 1. The van der Waals surface area contributed by atoms with Crippen molar-refractivity contribution in [3.63, 3.8) is 0 Å². The molecule has 0 spiro atoms. The molecule has 0 aromatic heterocycles. The van der Waals surface area contributed by atoms with Crippen molar-refractivity contribution >= 4 is 22.0 Å². The van der Waals surface area contributed by atoms with Crippen LogP contribution in [0.1, 0.15) is 0 Å². The van der Waals surface area contributed by atoms with E-state index < -0.39 is 10.0 Å². The number of nitrogens with one attached hydrogen (secondary N) is 1. The lowest BCUT2D eigenvalue weighted by molar-refractivity contribution is -0.109. The molecule has 1 aliphatic rings. The Morgan fingerprint density at radius 3 is 2.25 bits per heavy atom. The van der Waals surface area contributed by atoms with E-state index in [4.69, 9.17) is 0 Å². The Kier molecular flexibility index (Phi) is 4.74. The van der Waals surface area contributed by atoms with Crippen molar-refractivity contribution in [2.24, 2.45) is 0 Å². The number of carbonyl (C=O) groups excluding carboxylic acids is 1.